The third kappa shape index (κ3) is 3.00. The Kier molecular flexibility index (Phi) is 4.30. The van der Waals surface area contributed by atoms with Crippen LogP contribution in [0.4, 0.5) is 13.2 Å². The molecule has 3 rings (SSSR count). The average Bonchev–Trinajstić information content (AvgIpc) is 3.00. The number of halogens is 3. The van der Waals surface area contributed by atoms with Gasteiger partial charge in [-0.2, -0.15) is 8.78 Å². The quantitative estimate of drug-likeness (QED) is 0.687. The second kappa shape index (κ2) is 6.40. The van der Waals surface area contributed by atoms with Crippen LogP contribution in [0.3, 0.4) is 0 Å². The van der Waals surface area contributed by atoms with Crippen molar-refractivity contribution in [2.24, 2.45) is 0 Å². The van der Waals surface area contributed by atoms with E-state index < -0.39 is 18.8 Å². The molecule has 10 heteroatoms. The molecule has 126 valence electrons. The minimum absolute atomic E-state index is 0.107. The number of pyridine rings is 1. The Morgan fingerprint density at radius 2 is 2.00 bits per heavy atom. The third-order valence-corrected chi connectivity index (χ3v) is 3.11. The molecule has 0 aliphatic heterocycles. The van der Waals surface area contributed by atoms with E-state index >= 15 is 0 Å². The van der Waals surface area contributed by atoms with Crippen LogP contribution in [0, 0.1) is 0 Å². The second-order valence-electron chi connectivity index (χ2n) is 4.61. The smallest absolute Gasteiger partial charge is 0.418 e. The molecular formula is C14H12F3N5O2. The average molecular weight is 339 g/mol. The Morgan fingerprint density at radius 1 is 1.17 bits per heavy atom. The molecular weight excluding hydrogens is 327 g/mol. The molecule has 0 amide bonds. The summed E-state index contributed by atoms with van der Waals surface area (Å²) in [6.45, 7) is 0.282. The molecule has 3 aromatic rings. The van der Waals surface area contributed by atoms with Gasteiger partial charge in [0, 0.05) is 24.0 Å². The number of hydrogen-bond acceptors (Lipinski definition) is 6. The topological polar surface area (TPSA) is 74.4 Å². The second-order valence-corrected chi connectivity index (χ2v) is 4.61. The lowest BCUT2D eigenvalue weighted by atomic mass is 10.2. The summed E-state index contributed by atoms with van der Waals surface area (Å²) in [5.41, 5.74) is 1.04. The lowest BCUT2D eigenvalue weighted by Gasteiger charge is -2.13. The Morgan fingerprint density at radius 3 is 2.67 bits per heavy atom. The lowest BCUT2D eigenvalue weighted by molar-refractivity contribution is -0.251. The molecule has 0 aliphatic rings. The van der Waals surface area contributed by atoms with Crippen LogP contribution in [0.15, 0.2) is 30.7 Å². The standard InChI is InChI=1S/C14H12F3N5O2/c1-2-24-14(16,17)13-21-20-11-6-18-10(7-22(11)13)9-3-4-12(19-5-9)23-8-15/h3-7H,2,8H2,1H3. The van der Waals surface area contributed by atoms with Crippen LogP contribution >= 0.6 is 0 Å². The van der Waals surface area contributed by atoms with Crippen molar-refractivity contribution in [1.82, 2.24) is 24.6 Å². The predicted molar refractivity (Wildman–Crippen MR) is 76.1 cm³/mol. The number of fused-ring (bicyclic) bond motifs is 1. The van der Waals surface area contributed by atoms with Gasteiger partial charge in [0.2, 0.25) is 18.6 Å². The molecule has 3 aromatic heterocycles. The van der Waals surface area contributed by atoms with Crippen LogP contribution in [-0.2, 0) is 10.8 Å². The first-order valence-electron chi connectivity index (χ1n) is 6.93. The fourth-order valence-corrected chi connectivity index (χ4v) is 2.07. The highest BCUT2D eigenvalue weighted by atomic mass is 19.3. The number of alkyl halides is 3. The summed E-state index contributed by atoms with van der Waals surface area (Å²) in [7, 11) is 0. The molecule has 0 aliphatic carbocycles. The maximum absolute atomic E-state index is 14.0. The van der Waals surface area contributed by atoms with Gasteiger partial charge in [-0.05, 0) is 13.0 Å². The number of nitrogens with zero attached hydrogens (tertiary/aromatic N) is 5. The van der Waals surface area contributed by atoms with Crippen molar-refractivity contribution in [2.45, 2.75) is 13.0 Å². The first-order valence-corrected chi connectivity index (χ1v) is 6.93. The van der Waals surface area contributed by atoms with Crippen LogP contribution in [0.25, 0.3) is 16.9 Å². The minimum atomic E-state index is -3.58. The molecule has 24 heavy (non-hydrogen) atoms. The van der Waals surface area contributed by atoms with E-state index in [2.05, 4.69) is 29.6 Å². The summed E-state index contributed by atoms with van der Waals surface area (Å²) in [6.07, 6.45) is 0.470. The maximum Gasteiger partial charge on any atom is 0.418 e. The number of ether oxygens (including phenoxy) is 2. The van der Waals surface area contributed by atoms with Crippen molar-refractivity contribution < 1.29 is 22.6 Å². The van der Waals surface area contributed by atoms with Crippen molar-refractivity contribution in [3.05, 3.63) is 36.5 Å². The highest BCUT2D eigenvalue weighted by molar-refractivity contribution is 5.59. The van der Waals surface area contributed by atoms with Crippen LogP contribution in [0.1, 0.15) is 12.7 Å². The zero-order chi connectivity index (χ0) is 17.2. The highest BCUT2D eigenvalue weighted by Gasteiger charge is 2.38. The zero-order valence-corrected chi connectivity index (χ0v) is 12.5. The van der Waals surface area contributed by atoms with E-state index in [1.807, 2.05) is 0 Å². The molecule has 0 saturated carbocycles. The Labute approximate surface area is 134 Å². The Balaban J connectivity index is 2.01. The van der Waals surface area contributed by atoms with Crippen molar-refractivity contribution in [1.29, 1.82) is 0 Å². The Bertz CT molecular complexity index is 838. The fourth-order valence-electron chi connectivity index (χ4n) is 2.07. The maximum atomic E-state index is 14.0. The van der Waals surface area contributed by atoms with E-state index in [1.165, 1.54) is 31.6 Å². The van der Waals surface area contributed by atoms with Crippen molar-refractivity contribution in [2.75, 3.05) is 13.5 Å². The summed E-state index contributed by atoms with van der Waals surface area (Å²) in [5, 5.41) is 7.13. The molecule has 7 nitrogen and oxygen atoms in total. The van der Waals surface area contributed by atoms with Crippen molar-refractivity contribution in [3.63, 3.8) is 0 Å². The fraction of sp³-hybridized carbons (Fsp3) is 0.286. The Hall–Kier alpha value is -2.75. The summed E-state index contributed by atoms with van der Waals surface area (Å²) in [4.78, 5) is 8.03. The normalized spacial score (nSPS) is 11.8. The van der Waals surface area contributed by atoms with E-state index in [4.69, 9.17) is 0 Å². The number of hydrogen-bond donors (Lipinski definition) is 0. The molecule has 0 bridgehead atoms. The molecule has 0 radical (unpaired) electrons. The van der Waals surface area contributed by atoms with E-state index in [0.29, 0.717) is 11.3 Å². The first-order chi connectivity index (χ1) is 11.5. The van der Waals surface area contributed by atoms with Gasteiger partial charge in [0.15, 0.2) is 5.65 Å². The van der Waals surface area contributed by atoms with E-state index in [0.717, 1.165) is 4.40 Å². The van der Waals surface area contributed by atoms with E-state index in [-0.39, 0.29) is 18.1 Å². The van der Waals surface area contributed by atoms with E-state index in [1.54, 1.807) is 6.07 Å². The predicted octanol–water partition coefficient (Wildman–Crippen LogP) is 2.58. The SMILES string of the molecule is CCOC(F)(F)c1nnc2cnc(-c3ccc(OCF)nc3)cn12. The lowest BCUT2D eigenvalue weighted by Crippen LogP contribution is -2.21. The zero-order valence-electron chi connectivity index (χ0n) is 12.5. The van der Waals surface area contributed by atoms with Gasteiger partial charge in [0.05, 0.1) is 18.5 Å². The number of aromatic nitrogens is 5. The molecule has 0 unspecified atom stereocenters. The van der Waals surface area contributed by atoms with Crippen LogP contribution in [-0.4, -0.2) is 38.0 Å². The molecule has 3 heterocycles. The summed E-state index contributed by atoms with van der Waals surface area (Å²) in [5.74, 6) is -0.538. The van der Waals surface area contributed by atoms with Gasteiger partial charge >= 0.3 is 6.11 Å². The molecule has 0 fully saturated rings. The molecule has 0 saturated heterocycles. The third-order valence-electron chi connectivity index (χ3n) is 3.11. The van der Waals surface area contributed by atoms with Gasteiger partial charge in [-0.3, -0.25) is 9.38 Å². The van der Waals surface area contributed by atoms with Crippen LogP contribution in [0.2, 0.25) is 0 Å². The van der Waals surface area contributed by atoms with Crippen molar-refractivity contribution in [3.8, 4) is 17.1 Å². The largest absolute Gasteiger partial charge is 0.446 e. The van der Waals surface area contributed by atoms with Crippen molar-refractivity contribution >= 4 is 5.65 Å². The van der Waals surface area contributed by atoms with Gasteiger partial charge < -0.3 is 9.47 Å². The number of rotatable bonds is 6. The minimum Gasteiger partial charge on any atom is -0.446 e. The van der Waals surface area contributed by atoms with Gasteiger partial charge in [-0.15, -0.1) is 10.2 Å². The summed E-state index contributed by atoms with van der Waals surface area (Å²) >= 11 is 0. The molecule has 0 atom stereocenters. The summed E-state index contributed by atoms with van der Waals surface area (Å²) < 4.78 is 50.1. The van der Waals surface area contributed by atoms with Gasteiger partial charge in [0.25, 0.3) is 0 Å². The van der Waals surface area contributed by atoms with Crippen LogP contribution in [0.5, 0.6) is 5.88 Å². The van der Waals surface area contributed by atoms with Gasteiger partial charge in [-0.25, -0.2) is 9.37 Å². The molecule has 0 N–H and O–H groups in total. The van der Waals surface area contributed by atoms with Gasteiger partial charge in [0.1, 0.15) is 0 Å². The van der Waals surface area contributed by atoms with Gasteiger partial charge in [-0.1, -0.05) is 0 Å². The monoisotopic (exact) mass is 339 g/mol. The van der Waals surface area contributed by atoms with Crippen LogP contribution < -0.4 is 4.74 Å². The first kappa shape index (κ1) is 16.1. The highest BCUT2D eigenvalue weighted by Crippen LogP contribution is 2.29. The van der Waals surface area contributed by atoms with E-state index in [9.17, 15) is 13.2 Å². The molecule has 0 spiro atoms. The molecule has 0 aromatic carbocycles. The summed E-state index contributed by atoms with van der Waals surface area (Å²) in [6, 6.07) is 3.03.